The van der Waals surface area contributed by atoms with Gasteiger partial charge < -0.3 is 0 Å². The number of benzene rings is 2. The molecule has 0 radical (unpaired) electrons. The maximum absolute atomic E-state index is 12.7. The molecule has 0 saturated carbocycles. The molecule has 1 aromatic heterocycles. The zero-order valence-corrected chi connectivity index (χ0v) is 10.2. The van der Waals surface area contributed by atoms with Crippen LogP contribution in [0.1, 0.15) is 5.56 Å². The van der Waals surface area contributed by atoms with Crippen molar-refractivity contribution in [3.8, 4) is 0 Å². The van der Waals surface area contributed by atoms with E-state index in [2.05, 4.69) is 9.98 Å². The Balaban J connectivity index is 1.89. The number of hydrogen-bond donors (Lipinski definition) is 0. The molecule has 2 nitrogen and oxygen atoms in total. The van der Waals surface area contributed by atoms with E-state index in [0.29, 0.717) is 5.13 Å². The third-order valence-corrected chi connectivity index (χ3v) is 3.42. The predicted molar refractivity (Wildman–Crippen MR) is 73.3 cm³/mol. The largest absolute Gasteiger partial charge is 0.227 e. The van der Waals surface area contributed by atoms with Gasteiger partial charge in [-0.25, -0.2) is 14.4 Å². The summed E-state index contributed by atoms with van der Waals surface area (Å²) in [6, 6.07) is 14.1. The second kappa shape index (κ2) is 4.66. The fraction of sp³-hybridized carbons (Fsp3) is 0. The number of nitrogens with zero attached hydrogens (tertiary/aromatic N) is 2. The minimum Gasteiger partial charge on any atom is -0.227 e. The number of thiazole rings is 1. The van der Waals surface area contributed by atoms with Crippen molar-refractivity contribution < 1.29 is 4.39 Å². The highest BCUT2D eigenvalue weighted by Gasteiger charge is 2.00. The molecule has 0 aliphatic heterocycles. The summed E-state index contributed by atoms with van der Waals surface area (Å²) in [5.74, 6) is -0.243. The second-order valence-electron chi connectivity index (χ2n) is 3.77. The van der Waals surface area contributed by atoms with Crippen molar-refractivity contribution >= 4 is 32.9 Å². The maximum atomic E-state index is 12.7. The van der Waals surface area contributed by atoms with Crippen LogP contribution in [-0.4, -0.2) is 11.2 Å². The molecule has 0 fully saturated rings. The van der Waals surface area contributed by atoms with Crippen molar-refractivity contribution in [3.05, 3.63) is 59.9 Å². The first-order valence-electron chi connectivity index (χ1n) is 5.46. The van der Waals surface area contributed by atoms with E-state index < -0.39 is 0 Å². The van der Waals surface area contributed by atoms with Crippen LogP contribution in [0.3, 0.4) is 0 Å². The van der Waals surface area contributed by atoms with Gasteiger partial charge in [-0.05, 0) is 29.8 Å². The monoisotopic (exact) mass is 256 g/mol. The highest BCUT2D eigenvalue weighted by molar-refractivity contribution is 7.22. The van der Waals surface area contributed by atoms with Crippen molar-refractivity contribution in [2.75, 3.05) is 0 Å². The number of para-hydroxylation sites is 1. The minimum absolute atomic E-state index is 0.243. The molecule has 0 saturated heterocycles. The van der Waals surface area contributed by atoms with Crippen LogP contribution in [0.25, 0.3) is 10.2 Å². The van der Waals surface area contributed by atoms with E-state index in [1.54, 1.807) is 18.3 Å². The molecule has 18 heavy (non-hydrogen) atoms. The summed E-state index contributed by atoms with van der Waals surface area (Å²) >= 11 is 1.54. The smallest absolute Gasteiger partial charge is 0.210 e. The summed E-state index contributed by atoms with van der Waals surface area (Å²) in [5.41, 5.74) is 1.81. The molecule has 3 aromatic rings. The molecule has 1 heterocycles. The van der Waals surface area contributed by atoms with E-state index in [1.165, 1.54) is 23.5 Å². The van der Waals surface area contributed by atoms with Gasteiger partial charge in [-0.3, -0.25) is 0 Å². The lowest BCUT2D eigenvalue weighted by atomic mass is 10.2. The summed E-state index contributed by atoms with van der Waals surface area (Å²) in [7, 11) is 0. The lowest BCUT2D eigenvalue weighted by Gasteiger charge is -1.90. The average molecular weight is 256 g/mol. The topological polar surface area (TPSA) is 25.2 Å². The first-order chi connectivity index (χ1) is 8.81. The van der Waals surface area contributed by atoms with Crippen LogP contribution in [0.2, 0.25) is 0 Å². The average Bonchev–Trinajstić information content (AvgIpc) is 2.81. The van der Waals surface area contributed by atoms with E-state index in [0.717, 1.165) is 15.8 Å². The van der Waals surface area contributed by atoms with Crippen molar-refractivity contribution in [1.82, 2.24) is 4.98 Å². The van der Waals surface area contributed by atoms with E-state index >= 15 is 0 Å². The normalized spacial score (nSPS) is 11.4. The van der Waals surface area contributed by atoms with Gasteiger partial charge in [0.05, 0.1) is 10.2 Å². The quantitative estimate of drug-likeness (QED) is 0.631. The van der Waals surface area contributed by atoms with Crippen LogP contribution in [0.5, 0.6) is 0 Å². The van der Waals surface area contributed by atoms with Gasteiger partial charge in [0, 0.05) is 6.21 Å². The van der Waals surface area contributed by atoms with Gasteiger partial charge >= 0.3 is 0 Å². The summed E-state index contributed by atoms with van der Waals surface area (Å²) in [4.78, 5) is 8.70. The SMILES string of the molecule is Fc1ccc(C=Nc2nc3ccccc3s2)cc1. The molecule has 0 spiro atoms. The van der Waals surface area contributed by atoms with Crippen LogP contribution < -0.4 is 0 Å². The Morgan fingerprint density at radius 1 is 1.06 bits per heavy atom. The molecule has 0 N–H and O–H groups in total. The number of aromatic nitrogens is 1. The first kappa shape index (κ1) is 11.0. The van der Waals surface area contributed by atoms with Crippen molar-refractivity contribution in [2.45, 2.75) is 0 Å². The van der Waals surface area contributed by atoms with Crippen molar-refractivity contribution in [3.63, 3.8) is 0 Å². The molecular formula is C14H9FN2S. The summed E-state index contributed by atoms with van der Waals surface area (Å²) < 4.78 is 13.8. The second-order valence-corrected chi connectivity index (χ2v) is 4.78. The van der Waals surface area contributed by atoms with Gasteiger partial charge in [0.15, 0.2) is 0 Å². The maximum Gasteiger partial charge on any atom is 0.210 e. The Hall–Kier alpha value is -2.07. The number of halogens is 1. The molecule has 0 unspecified atom stereocenters. The Bertz CT molecular complexity index is 668. The Morgan fingerprint density at radius 3 is 2.61 bits per heavy atom. The lowest BCUT2D eigenvalue weighted by molar-refractivity contribution is 0.628. The summed E-state index contributed by atoms with van der Waals surface area (Å²) in [5, 5.41) is 0.709. The molecule has 0 aliphatic carbocycles. The molecule has 0 aliphatic rings. The zero-order valence-electron chi connectivity index (χ0n) is 9.38. The first-order valence-corrected chi connectivity index (χ1v) is 6.28. The minimum atomic E-state index is -0.243. The van der Waals surface area contributed by atoms with Gasteiger partial charge in [-0.1, -0.05) is 35.6 Å². The zero-order chi connectivity index (χ0) is 12.4. The molecule has 0 atom stereocenters. The fourth-order valence-corrected chi connectivity index (χ4v) is 2.40. The molecule has 3 rings (SSSR count). The van der Waals surface area contributed by atoms with Crippen molar-refractivity contribution in [2.24, 2.45) is 4.99 Å². The Kier molecular flexibility index (Phi) is 2.86. The van der Waals surface area contributed by atoms with Crippen LogP contribution in [0.4, 0.5) is 9.52 Å². The van der Waals surface area contributed by atoms with Crippen LogP contribution in [0, 0.1) is 5.82 Å². The standard InChI is InChI=1S/C14H9FN2S/c15-11-7-5-10(6-8-11)9-16-14-17-12-3-1-2-4-13(12)18-14/h1-9H. The van der Waals surface area contributed by atoms with E-state index in [1.807, 2.05) is 24.3 Å². The van der Waals surface area contributed by atoms with Gasteiger partial charge in [-0.15, -0.1) is 0 Å². The predicted octanol–water partition coefficient (Wildman–Crippen LogP) is 4.19. The molecular weight excluding hydrogens is 247 g/mol. The highest BCUT2D eigenvalue weighted by atomic mass is 32.1. The number of aliphatic imine (C=N–C) groups is 1. The number of hydrogen-bond acceptors (Lipinski definition) is 3. The van der Waals surface area contributed by atoms with E-state index in [9.17, 15) is 4.39 Å². The molecule has 0 amide bonds. The Labute approximate surface area is 107 Å². The molecule has 0 bridgehead atoms. The third-order valence-electron chi connectivity index (χ3n) is 2.48. The molecule has 2 aromatic carbocycles. The fourth-order valence-electron chi connectivity index (χ4n) is 1.59. The highest BCUT2D eigenvalue weighted by Crippen LogP contribution is 2.27. The van der Waals surface area contributed by atoms with E-state index in [-0.39, 0.29) is 5.82 Å². The number of rotatable bonds is 2. The lowest BCUT2D eigenvalue weighted by Crippen LogP contribution is -1.80. The summed E-state index contributed by atoms with van der Waals surface area (Å²) in [6.07, 6.45) is 1.69. The molecule has 88 valence electrons. The van der Waals surface area contributed by atoms with E-state index in [4.69, 9.17) is 0 Å². The number of fused-ring (bicyclic) bond motifs is 1. The van der Waals surface area contributed by atoms with Crippen LogP contribution in [0.15, 0.2) is 53.5 Å². The molecule has 4 heteroatoms. The van der Waals surface area contributed by atoms with Gasteiger partial charge in [0.25, 0.3) is 0 Å². The van der Waals surface area contributed by atoms with Gasteiger partial charge in [0.2, 0.25) is 5.13 Å². The van der Waals surface area contributed by atoms with Crippen molar-refractivity contribution in [1.29, 1.82) is 0 Å². The van der Waals surface area contributed by atoms with Gasteiger partial charge in [-0.2, -0.15) is 0 Å². The summed E-state index contributed by atoms with van der Waals surface area (Å²) in [6.45, 7) is 0. The van der Waals surface area contributed by atoms with Crippen LogP contribution in [-0.2, 0) is 0 Å². The van der Waals surface area contributed by atoms with Gasteiger partial charge in [0.1, 0.15) is 5.82 Å². The van der Waals surface area contributed by atoms with Crippen LogP contribution >= 0.6 is 11.3 Å². The third kappa shape index (κ3) is 2.28. The Morgan fingerprint density at radius 2 is 1.83 bits per heavy atom.